The fraction of sp³-hybridized carbons (Fsp3) is 0.600. The maximum absolute atomic E-state index is 11.7. The van der Waals surface area contributed by atoms with E-state index in [2.05, 4.69) is 15.3 Å². The molecule has 0 rings (SSSR count). The van der Waals surface area contributed by atoms with E-state index in [-0.39, 0.29) is 17.9 Å². The van der Waals surface area contributed by atoms with E-state index in [9.17, 15) is 4.79 Å². The maximum Gasteiger partial charge on any atom is 0.243 e. The molecule has 20 heavy (non-hydrogen) atoms. The first-order valence-electron chi connectivity index (χ1n) is 5.96. The average molecular weight is 285 g/mol. The number of amides is 1. The Morgan fingerprint density at radius 3 is 2.45 bits per heavy atom. The van der Waals surface area contributed by atoms with E-state index < -0.39 is 11.9 Å². The molecule has 0 aliphatic heterocycles. The molecular formula is C10H23N9O. The highest BCUT2D eigenvalue weighted by Crippen LogP contribution is 1.95. The lowest BCUT2D eigenvalue weighted by molar-refractivity contribution is -0.121. The van der Waals surface area contributed by atoms with E-state index >= 15 is 0 Å². The van der Waals surface area contributed by atoms with Crippen molar-refractivity contribution in [3.63, 3.8) is 0 Å². The quantitative estimate of drug-likeness (QED) is 0.181. The van der Waals surface area contributed by atoms with Gasteiger partial charge in [-0.25, -0.2) is 0 Å². The van der Waals surface area contributed by atoms with Gasteiger partial charge in [-0.05, 0) is 12.8 Å². The number of rotatable bonds is 5. The summed E-state index contributed by atoms with van der Waals surface area (Å²) in [5.74, 6) is -0.721. The van der Waals surface area contributed by atoms with Crippen molar-refractivity contribution in [3.8, 4) is 0 Å². The Morgan fingerprint density at radius 2 is 1.95 bits per heavy atom. The molecule has 1 atom stereocenters. The zero-order valence-corrected chi connectivity index (χ0v) is 11.8. The highest BCUT2D eigenvalue weighted by Gasteiger charge is 2.14. The first-order valence-corrected chi connectivity index (χ1v) is 5.96. The fourth-order valence-electron chi connectivity index (χ4n) is 1.11. The van der Waals surface area contributed by atoms with Crippen molar-refractivity contribution < 1.29 is 4.79 Å². The van der Waals surface area contributed by atoms with Crippen LogP contribution in [0.25, 0.3) is 0 Å². The highest BCUT2D eigenvalue weighted by molar-refractivity contribution is 6.02. The van der Waals surface area contributed by atoms with Crippen LogP contribution in [0.5, 0.6) is 0 Å². The molecule has 0 heterocycles. The minimum atomic E-state index is -0.744. The summed E-state index contributed by atoms with van der Waals surface area (Å²) in [5.41, 5.74) is 21.5. The lowest BCUT2D eigenvalue weighted by atomic mass is 10.1. The first kappa shape index (κ1) is 17.6. The third-order valence-electron chi connectivity index (χ3n) is 2.21. The predicted octanol–water partition coefficient (Wildman–Crippen LogP) is -2.71. The standard InChI is InChI=1S/C10H23N9O/c1-19(2)10(15)18-9(14)17-7(20)6(11)4-3-5-16-8(12)13/h6H,3-5,11H2,1-2H3,(H4,12,13,16)(H4,14,15,17,18,20). The Kier molecular flexibility index (Phi) is 7.67. The van der Waals surface area contributed by atoms with Crippen LogP contribution in [0, 0.1) is 5.41 Å². The zero-order chi connectivity index (χ0) is 15.7. The van der Waals surface area contributed by atoms with Gasteiger partial charge in [0.05, 0.1) is 6.04 Å². The van der Waals surface area contributed by atoms with Gasteiger partial charge in [0.2, 0.25) is 17.8 Å². The Balaban J connectivity index is 4.19. The van der Waals surface area contributed by atoms with Crippen LogP contribution in [-0.4, -0.2) is 55.4 Å². The molecule has 0 saturated heterocycles. The molecule has 0 spiro atoms. The van der Waals surface area contributed by atoms with Crippen LogP contribution in [0.1, 0.15) is 12.8 Å². The van der Waals surface area contributed by atoms with Crippen LogP contribution in [0.3, 0.4) is 0 Å². The lowest BCUT2D eigenvalue weighted by Crippen LogP contribution is -2.47. The van der Waals surface area contributed by atoms with Crippen LogP contribution in [0.4, 0.5) is 0 Å². The van der Waals surface area contributed by atoms with Gasteiger partial charge in [-0.3, -0.25) is 20.5 Å². The molecular weight excluding hydrogens is 262 g/mol. The zero-order valence-electron chi connectivity index (χ0n) is 11.8. The van der Waals surface area contributed by atoms with Gasteiger partial charge >= 0.3 is 0 Å². The predicted molar refractivity (Wildman–Crippen MR) is 79.1 cm³/mol. The third-order valence-corrected chi connectivity index (χ3v) is 2.21. The number of nitrogens with zero attached hydrogens (tertiary/aromatic N) is 3. The molecule has 0 bridgehead atoms. The molecule has 1 unspecified atom stereocenters. The summed E-state index contributed by atoms with van der Waals surface area (Å²) in [4.78, 5) is 20.6. The number of guanidine groups is 3. The van der Waals surface area contributed by atoms with Gasteiger partial charge in [0.15, 0.2) is 5.96 Å². The smallest absolute Gasteiger partial charge is 0.243 e. The van der Waals surface area contributed by atoms with Crippen molar-refractivity contribution in [2.75, 3.05) is 20.6 Å². The van der Waals surface area contributed by atoms with Gasteiger partial charge in [-0.15, -0.1) is 0 Å². The number of nitrogens with one attached hydrogen (secondary N) is 2. The van der Waals surface area contributed by atoms with Gasteiger partial charge in [0.1, 0.15) is 0 Å². The third kappa shape index (κ3) is 7.87. The number of hydrogen-bond acceptors (Lipinski definition) is 4. The summed E-state index contributed by atoms with van der Waals surface area (Å²) < 4.78 is 0. The molecule has 1 amide bonds. The molecule has 10 heteroatoms. The van der Waals surface area contributed by atoms with E-state index in [0.717, 1.165) is 0 Å². The van der Waals surface area contributed by atoms with Crippen molar-refractivity contribution in [1.82, 2.24) is 10.2 Å². The molecule has 10 nitrogen and oxygen atoms in total. The summed E-state index contributed by atoms with van der Waals surface area (Å²) in [6, 6.07) is -0.744. The second-order valence-electron chi connectivity index (χ2n) is 4.26. The second kappa shape index (κ2) is 8.69. The van der Waals surface area contributed by atoms with Crippen LogP contribution in [0.2, 0.25) is 0 Å². The monoisotopic (exact) mass is 285 g/mol. The molecule has 0 radical (unpaired) electrons. The summed E-state index contributed by atoms with van der Waals surface area (Å²) in [5, 5.41) is 9.77. The van der Waals surface area contributed by atoms with Gasteiger partial charge in [-0.2, -0.15) is 4.99 Å². The van der Waals surface area contributed by atoms with Crippen LogP contribution < -0.4 is 28.3 Å². The van der Waals surface area contributed by atoms with Crippen molar-refractivity contribution in [1.29, 1.82) is 5.41 Å². The lowest BCUT2D eigenvalue weighted by Gasteiger charge is -2.13. The largest absolute Gasteiger partial charge is 0.370 e. The number of nitrogens with two attached hydrogens (primary N) is 4. The van der Waals surface area contributed by atoms with Gasteiger partial charge < -0.3 is 27.8 Å². The summed E-state index contributed by atoms with van der Waals surface area (Å²) in [6.45, 7) is 0.401. The number of carbonyl (C=O) groups is 1. The van der Waals surface area contributed by atoms with E-state index in [0.29, 0.717) is 19.4 Å². The molecule has 0 aromatic heterocycles. The first-order chi connectivity index (χ1) is 9.23. The Labute approximate surface area is 117 Å². The van der Waals surface area contributed by atoms with Crippen molar-refractivity contribution in [2.45, 2.75) is 18.9 Å². The van der Waals surface area contributed by atoms with Gasteiger partial charge in [0.25, 0.3) is 0 Å². The highest BCUT2D eigenvalue weighted by atomic mass is 16.2. The van der Waals surface area contributed by atoms with Crippen LogP contribution in [-0.2, 0) is 4.79 Å². The molecule has 0 aromatic carbocycles. The van der Waals surface area contributed by atoms with E-state index in [1.54, 1.807) is 14.1 Å². The van der Waals surface area contributed by atoms with Crippen LogP contribution in [0.15, 0.2) is 9.98 Å². The number of hydrogen-bond donors (Lipinski definition) is 6. The maximum atomic E-state index is 11.7. The van der Waals surface area contributed by atoms with E-state index in [1.165, 1.54) is 4.90 Å². The summed E-state index contributed by atoms with van der Waals surface area (Å²) in [7, 11) is 3.27. The normalized spacial score (nSPS) is 12.4. The molecule has 10 N–H and O–H groups in total. The molecule has 0 aliphatic rings. The molecule has 0 aromatic rings. The summed E-state index contributed by atoms with van der Waals surface area (Å²) >= 11 is 0. The Bertz CT molecular complexity index is 398. The topological polar surface area (TPSA) is 185 Å². The van der Waals surface area contributed by atoms with E-state index in [1.807, 2.05) is 0 Å². The molecule has 0 fully saturated rings. The molecule has 0 aliphatic carbocycles. The van der Waals surface area contributed by atoms with Crippen LogP contribution >= 0.6 is 0 Å². The van der Waals surface area contributed by atoms with Crippen molar-refractivity contribution >= 4 is 23.8 Å². The number of aliphatic imine (C=N–C) groups is 2. The average Bonchev–Trinajstić information content (AvgIpc) is 2.33. The fourth-order valence-corrected chi connectivity index (χ4v) is 1.11. The minimum absolute atomic E-state index is 0.00148. The van der Waals surface area contributed by atoms with Crippen molar-refractivity contribution in [3.05, 3.63) is 0 Å². The van der Waals surface area contributed by atoms with Gasteiger partial charge in [-0.1, -0.05) is 0 Å². The van der Waals surface area contributed by atoms with E-state index in [4.69, 9.17) is 28.3 Å². The molecule has 0 saturated carbocycles. The van der Waals surface area contributed by atoms with Crippen molar-refractivity contribution in [2.24, 2.45) is 32.9 Å². The Morgan fingerprint density at radius 1 is 1.35 bits per heavy atom. The second-order valence-corrected chi connectivity index (χ2v) is 4.26. The number of carbonyl (C=O) groups excluding carboxylic acids is 1. The SMILES string of the molecule is CN(C)C(=N)/N=C(\N)NC(=O)C(N)CCCN=C(N)N. The summed E-state index contributed by atoms with van der Waals surface area (Å²) in [6.07, 6.45) is 0.970. The minimum Gasteiger partial charge on any atom is -0.370 e. The Hall–Kier alpha value is -2.36. The molecule has 114 valence electrons. The van der Waals surface area contributed by atoms with Gasteiger partial charge in [0, 0.05) is 20.6 Å².